The van der Waals surface area contributed by atoms with Crippen LogP contribution in [0.1, 0.15) is 30.4 Å². The molecule has 2 aromatic rings. The first-order valence-corrected chi connectivity index (χ1v) is 7.91. The Morgan fingerprint density at radius 3 is 2.57 bits per heavy atom. The SMILES string of the molecule is O=C(CCc1cccc(F)c1)N(Cc1ccccc1F)C1CC1. The molecule has 0 heterocycles. The van der Waals surface area contributed by atoms with Gasteiger partial charge < -0.3 is 4.90 Å². The fourth-order valence-corrected chi connectivity index (χ4v) is 2.70. The van der Waals surface area contributed by atoms with Crippen molar-refractivity contribution in [2.45, 2.75) is 38.3 Å². The highest BCUT2D eigenvalue weighted by Crippen LogP contribution is 2.29. The van der Waals surface area contributed by atoms with E-state index in [0.717, 1.165) is 18.4 Å². The minimum absolute atomic E-state index is 0.0000132. The molecule has 120 valence electrons. The van der Waals surface area contributed by atoms with Crippen molar-refractivity contribution in [3.05, 3.63) is 71.3 Å². The van der Waals surface area contributed by atoms with Crippen molar-refractivity contribution in [3.8, 4) is 0 Å². The largest absolute Gasteiger partial charge is 0.335 e. The van der Waals surface area contributed by atoms with Crippen LogP contribution in [0.4, 0.5) is 8.78 Å². The molecule has 0 radical (unpaired) electrons. The van der Waals surface area contributed by atoms with Crippen molar-refractivity contribution in [2.75, 3.05) is 0 Å². The number of hydrogen-bond donors (Lipinski definition) is 0. The van der Waals surface area contributed by atoms with Gasteiger partial charge in [0, 0.05) is 24.6 Å². The van der Waals surface area contributed by atoms with Gasteiger partial charge in [-0.25, -0.2) is 8.78 Å². The van der Waals surface area contributed by atoms with Crippen LogP contribution in [0.15, 0.2) is 48.5 Å². The second-order valence-corrected chi connectivity index (χ2v) is 5.97. The predicted octanol–water partition coefficient (Wildman–Crippen LogP) is 4.09. The molecule has 0 unspecified atom stereocenters. The molecule has 2 nitrogen and oxygen atoms in total. The Balaban J connectivity index is 1.64. The van der Waals surface area contributed by atoms with Crippen LogP contribution in [0.2, 0.25) is 0 Å². The summed E-state index contributed by atoms with van der Waals surface area (Å²) in [4.78, 5) is 14.3. The molecule has 2 aromatic carbocycles. The standard InChI is InChI=1S/C19H19F2NO/c20-16-6-3-4-14(12-16)8-11-19(23)22(17-9-10-17)13-15-5-1-2-7-18(15)21/h1-7,12,17H,8-11,13H2. The average molecular weight is 315 g/mol. The molecule has 1 saturated carbocycles. The van der Waals surface area contributed by atoms with Gasteiger partial charge in [0.2, 0.25) is 5.91 Å². The maximum atomic E-state index is 13.8. The van der Waals surface area contributed by atoms with Crippen molar-refractivity contribution in [3.63, 3.8) is 0 Å². The summed E-state index contributed by atoms with van der Waals surface area (Å²) in [5, 5.41) is 0. The molecule has 0 aromatic heterocycles. The molecule has 0 N–H and O–H groups in total. The fraction of sp³-hybridized carbons (Fsp3) is 0.316. The van der Waals surface area contributed by atoms with Crippen LogP contribution in [0.5, 0.6) is 0 Å². The first kappa shape index (κ1) is 15.7. The molecule has 0 atom stereocenters. The van der Waals surface area contributed by atoms with Crippen LogP contribution in [0.3, 0.4) is 0 Å². The van der Waals surface area contributed by atoms with E-state index in [2.05, 4.69) is 0 Å². The summed E-state index contributed by atoms with van der Waals surface area (Å²) in [6.45, 7) is 0.305. The summed E-state index contributed by atoms with van der Waals surface area (Å²) >= 11 is 0. The van der Waals surface area contributed by atoms with Gasteiger partial charge >= 0.3 is 0 Å². The van der Waals surface area contributed by atoms with Crippen LogP contribution in [-0.2, 0) is 17.8 Å². The van der Waals surface area contributed by atoms with Gasteiger partial charge in [0.15, 0.2) is 0 Å². The molecule has 3 rings (SSSR count). The summed E-state index contributed by atoms with van der Waals surface area (Å²) < 4.78 is 27.0. The van der Waals surface area contributed by atoms with Crippen molar-refractivity contribution in [1.82, 2.24) is 4.90 Å². The highest BCUT2D eigenvalue weighted by molar-refractivity contribution is 5.77. The van der Waals surface area contributed by atoms with E-state index in [1.807, 2.05) is 6.07 Å². The predicted molar refractivity (Wildman–Crippen MR) is 84.7 cm³/mol. The third-order valence-electron chi connectivity index (χ3n) is 4.12. The number of aryl methyl sites for hydroxylation is 1. The number of amides is 1. The Labute approximate surface area is 134 Å². The number of rotatable bonds is 6. The van der Waals surface area contributed by atoms with Gasteiger partial charge in [-0.2, -0.15) is 0 Å². The number of benzene rings is 2. The lowest BCUT2D eigenvalue weighted by Gasteiger charge is -2.23. The Morgan fingerprint density at radius 1 is 1.09 bits per heavy atom. The molecule has 1 amide bonds. The maximum absolute atomic E-state index is 13.8. The van der Waals surface area contributed by atoms with Crippen molar-refractivity contribution >= 4 is 5.91 Å². The molecular formula is C19H19F2NO. The highest BCUT2D eigenvalue weighted by atomic mass is 19.1. The Bertz CT molecular complexity index is 697. The minimum Gasteiger partial charge on any atom is -0.335 e. The molecule has 1 aliphatic carbocycles. The van der Waals surface area contributed by atoms with Gasteiger partial charge in [0.1, 0.15) is 11.6 Å². The van der Waals surface area contributed by atoms with E-state index >= 15 is 0 Å². The van der Waals surface area contributed by atoms with Crippen molar-refractivity contribution in [2.24, 2.45) is 0 Å². The van der Waals surface area contributed by atoms with Crippen LogP contribution in [0.25, 0.3) is 0 Å². The molecule has 1 fully saturated rings. The maximum Gasteiger partial charge on any atom is 0.223 e. The quantitative estimate of drug-likeness (QED) is 0.786. The number of hydrogen-bond acceptors (Lipinski definition) is 1. The van der Waals surface area contributed by atoms with Crippen LogP contribution in [0, 0.1) is 11.6 Å². The van der Waals surface area contributed by atoms with E-state index in [4.69, 9.17) is 0 Å². The highest BCUT2D eigenvalue weighted by Gasteiger charge is 2.32. The molecule has 0 spiro atoms. The smallest absolute Gasteiger partial charge is 0.223 e. The number of carbonyl (C=O) groups is 1. The zero-order chi connectivity index (χ0) is 16.2. The Kier molecular flexibility index (Phi) is 4.70. The second-order valence-electron chi connectivity index (χ2n) is 5.97. The van der Waals surface area contributed by atoms with Crippen LogP contribution >= 0.6 is 0 Å². The van der Waals surface area contributed by atoms with E-state index in [-0.39, 0.29) is 23.6 Å². The zero-order valence-electron chi connectivity index (χ0n) is 12.8. The van der Waals surface area contributed by atoms with Gasteiger partial charge in [-0.15, -0.1) is 0 Å². The minimum atomic E-state index is -0.291. The third kappa shape index (κ3) is 4.15. The average Bonchev–Trinajstić information content (AvgIpc) is 3.37. The Hall–Kier alpha value is -2.23. The van der Waals surface area contributed by atoms with E-state index in [9.17, 15) is 13.6 Å². The topological polar surface area (TPSA) is 20.3 Å². The summed E-state index contributed by atoms with van der Waals surface area (Å²) in [6.07, 6.45) is 2.76. The molecule has 0 aliphatic heterocycles. The molecule has 0 bridgehead atoms. The summed E-state index contributed by atoms with van der Waals surface area (Å²) in [6, 6.07) is 13.1. The summed E-state index contributed by atoms with van der Waals surface area (Å²) in [5.74, 6) is -0.573. The second kappa shape index (κ2) is 6.90. The molecular weight excluding hydrogens is 296 g/mol. The van der Waals surface area contributed by atoms with E-state index < -0.39 is 0 Å². The van der Waals surface area contributed by atoms with Gasteiger partial charge in [-0.05, 0) is 43.0 Å². The fourth-order valence-electron chi connectivity index (χ4n) is 2.70. The van der Waals surface area contributed by atoms with Gasteiger partial charge in [0.25, 0.3) is 0 Å². The molecule has 0 saturated heterocycles. The van der Waals surface area contributed by atoms with Crippen molar-refractivity contribution < 1.29 is 13.6 Å². The first-order chi connectivity index (χ1) is 11.1. The number of halogens is 2. The van der Waals surface area contributed by atoms with E-state index in [0.29, 0.717) is 24.9 Å². The number of nitrogens with zero attached hydrogens (tertiary/aromatic N) is 1. The van der Waals surface area contributed by atoms with E-state index in [1.54, 1.807) is 29.2 Å². The zero-order valence-corrected chi connectivity index (χ0v) is 12.8. The normalized spacial score (nSPS) is 13.8. The summed E-state index contributed by atoms with van der Waals surface area (Å²) in [5.41, 5.74) is 1.35. The first-order valence-electron chi connectivity index (χ1n) is 7.91. The molecule has 23 heavy (non-hydrogen) atoms. The Morgan fingerprint density at radius 2 is 1.87 bits per heavy atom. The van der Waals surface area contributed by atoms with Gasteiger partial charge in [0.05, 0.1) is 0 Å². The van der Waals surface area contributed by atoms with E-state index in [1.165, 1.54) is 18.2 Å². The lowest BCUT2D eigenvalue weighted by molar-refractivity contribution is -0.132. The number of carbonyl (C=O) groups excluding carboxylic acids is 1. The van der Waals surface area contributed by atoms with Crippen molar-refractivity contribution in [1.29, 1.82) is 0 Å². The molecule has 1 aliphatic rings. The van der Waals surface area contributed by atoms with Crippen LogP contribution < -0.4 is 0 Å². The lowest BCUT2D eigenvalue weighted by Crippen LogP contribution is -2.33. The lowest BCUT2D eigenvalue weighted by atomic mass is 10.1. The molecule has 4 heteroatoms. The summed E-state index contributed by atoms with van der Waals surface area (Å²) in [7, 11) is 0. The van der Waals surface area contributed by atoms with Gasteiger partial charge in [-0.3, -0.25) is 4.79 Å². The van der Waals surface area contributed by atoms with Crippen LogP contribution in [-0.4, -0.2) is 16.8 Å². The third-order valence-corrected chi connectivity index (χ3v) is 4.12. The monoisotopic (exact) mass is 315 g/mol. The van der Waals surface area contributed by atoms with Gasteiger partial charge in [-0.1, -0.05) is 30.3 Å².